The van der Waals surface area contributed by atoms with Crippen molar-refractivity contribution >= 4 is 16.9 Å². The molecule has 8 heteroatoms. The minimum Gasteiger partial charge on any atom is -0.377 e. The molecule has 23 heavy (non-hydrogen) atoms. The maximum atomic E-state index is 12.7. The van der Waals surface area contributed by atoms with E-state index in [9.17, 15) is 14.4 Å². The topological polar surface area (TPSA) is 86.4 Å². The van der Waals surface area contributed by atoms with Crippen LogP contribution in [0.5, 0.6) is 0 Å². The van der Waals surface area contributed by atoms with Crippen LogP contribution in [0.4, 0.5) is 0 Å². The molecule has 1 saturated heterocycles. The van der Waals surface area contributed by atoms with Gasteiger partial charge in [-0.25, -0.2) is 9.78 Å². The third kappa shape index (κ3) is 2.44. The molecule has 3 rings (SSSR count). The van der Waals surface area contributed by atoms with Crippen LogP contribution in [-0.4, -0.2) is 50.7 Å². The second-order valence-corrected chi connectivity index (χ2v) is 5.72. The number of ether oxygens (including phenoxy) is 1. The highest BCUT2D eigenvalue weighted by atomic mass is 16.5. The Labute approximate surface area is 131 Å². The van der Waals surface area contributed by atoms with Gasteiger partial charge in [-0.3, -0.25) is 18.7 Å². The number of hydrogen-bond donors (Lipinski definition) is 0. The van der Waals surface area contributed by atoms with Gasteiger partial charge in [-0.2, -0.15) is 0 Å². The Morgan fingerprint density at radius 1 is 1.30 bits per heavy atom. The standard InChI is InChI=1S/C15H18N4O4/c1-9-8-23-5-4-19(9)13(20)10-6-11-12(16-7-10)17(2)15(22)18(3)14(11)21/h6-7,9H,4-5,8H2,1-3H3. The lowest BCUT2D eigenvalue weighted by Gasteiger charge is -2.33. The Hall–Kier alpha value is -2.48. The molecule has 1 fully saturated rings. The van der Waals surface area contributed by atoms with Gasteiger partial charge in [-0.05, 0) is 13.0 Å². The number of nitrogens with zero attached hydrogens (tertiary/aromatic N) is 4. The Bertz CT molecular complexity index is 899. The molecule has 2 aromatic rings. The van der Waals surface area contributed by atoms with Gasteiger partial charge in [0.25, 0.3) is 11.5 Å². The predicted octanol–water partition coefficient (Wildman–Crippen LogP) is -0.507. The normalized spacial score (nSPS) is 18.4. The van der Waals surface area contributed by atoms with Crippen molar-refractivity contribution < 1.29 is 9.53 Å². The molecule has 1 unspecified atom stereocenters. The van der Waals surface area contributed by atoms with E-state index >= 15 is 0 Å². The summed E-state index contributed by atoms with van der Waals surface area (Å²) in [7, 11) is 2.95. The highest BCUT2D eigenvalue weighted by Crippen LogP contribution is 2.14. The molecular weight excluding hydrogens is 300 g/mol. The third-order valence-corrected chi connectivity index (χ3v) is 4.17. The number of aryl methyl sites for hydroxylation is 1. The van der Waals surface area contributed by atoms with Crippen molar-refractivity contribution in [3.05, 3.63) is 38.7 Å². The Morgan fingerprint density at radius 3 is 2.74 bits per heavy atom. The molecule has 3 heterocycles. The van der Waals surface area contributed by atoms with Gasteiger partial charge in [0, 0.05) is 26.8 Å². The fraction of sp³-hybridized carbons (Fsp3) is 0.467. The first-order valence-electron chi connectivity index (χ1n) is 7.36. The summed E-state index contributed by atoms with van der Waals surface area (Å²) >= 11 is 0. The summed E-state index contributed by atoms with van der Waals surface area (Å²) in [5.74, 6) is -0.189. The Kier molecular flexibility index (Phi) is 3.77. The van der Waals surface area contributed by atoms with E-state index in [0.29, 0.717) is 25.3 Å². The second-order valence-electron chi connectivity index (χ2n) is 5.72. The molecule has 0 saturated carbocycles. The van der Waals surface area contributed by atoms with Crippen LogP contribution in [0.25, 0.3) is 11.0 Å². The summed E-state index contributed by atoms with van der Waals surface area (Å²) in [5.41, 5.74) is -0.303. The van der Waals surface area contributed by atoms with Crippen molar-refractivity contribution in [2.75, 3.05) is 19.8 Å². The monoisotopic (exact) mass is 318 g/mol. The quantitative estimate of drug-likeness (QED) is 0.707. The second kappa shape index (κ2) is 5.62. The molecule has 0 bridgehead atoms. The van der Waals surface area contributed by atoms with Crippen LogP contribution < -0.4 is 11.2 Å². The first-order valence-corrected chi connectivity index (χ1v) is 7.36. The van der Waals surface area contributed by atoms with Crippen molar-refractivity contribution in [2.45, 2.75) is 13.0 Å². The summed E-state index contributed by atoms with van der Waals surface area (Å²) in [6.45, 7) is 3.40. The summed E-state index contributed by atoms with van der Waals surface area (Å²) in [6, 6.07) is 1.48. The van der Waals surface area contributed by atoms with Gasteiger partial charge < -0.3 is 9.64 Å². The van der Waals surface area contributed by atoms with Gasteiger partial charge in [-0.15, -0.1) is 0 Å². The third-order valence-electron chi connectivity index (χ3n) is 4.17. The summed E-state index contributed by atoms with van der Waals surface area (Å²) in [6.07, 6.45) is 1.41. The highest BCUT2D eigenvalue weighted by molar-refractivity contribution is 5.97. The molecule has 0 spiro atoms. The van der Waals surface area contributed by atoms with E-state index < -0.39 is 11.2 Å². The maximum absolute atomic E-state index is 12.7. The minimum atomic E-state index is -0.458. The van der Waals surface area contributed by atoms with Gasteiger partial charge in [-0.1, -0.05) is 0 Å². The molecule has 2 aromatic heterocycles. The number of amides is 1. The predicted molar refractivity (Wildman–Crippen MR) is 83.5 cm³/mol. The number of morpholine rings is 1. The molecular formula is C15H18N4O4. The lowest BCUT2D eigenvalue weighted by Crippen LogP contribution is -2.47. The average molecular weight is 318 g/mol. The van der Waals surface area contributed by atoms with Crippen molar-refractivity contribution in [2.24, 2.45) is 14.1 Å². The fourth-order valence-corrected chi connectivity index (χ4v) is 2.78. The molecule has 1 aliphatic heterocycles. The fourth-order valence-electron chi connectivity index (χ4n) is 2.78. The highest BCUT2D eigenvalue weighted by Gasteiger charge is 2.25. The van der Waals surface area contributed by atoms with Crippen molar-refractivity contribution in [1.29, 1.82) is 0 Å². The lowest BCUT2D eigenvalue weighted by atomic mass is 10.1. The molecule has 1 amide bonds. The zero-order valence-electron chi connectivity index (χ0n) is 13.3. The van der Waals surface area contributed by atoms with Crippen LogP contribution >= 0.6 is 0 Å². The number of hydrogen-bond acceptors (Lipinski definition) is 5. The SMILES string of the molecule is CC1COCCN1C(=O)c1cnc2c(c1)c(=O)n(C)c(=O)n2C. The average Bonchev–Trinajstić information content (AvgIpc) is 2.57. The van der Waals surface area contributed by atoms with Crippen molar-refractivity contribution in [1.82, 2.24) is 19.0 Å². The Morgan fingerprint density at radius 2 is 2.04 bits per heavy atom. The Balaban J connectivity index is 2.12. The molecule has 1 aliphatic rings. The molecule has 0 N–H and O–H groups in total. The van der Waals surface area contributed by atoms with Crippen LogP contribution in [-0.2, 0) is 18.8 Å². The number of aromatic nitrogens is 3. The van der Waals surface area contributed by atoms with E-state index in [1.165, 1.54) is 23.9 Å². The first-order chi connectivity index (χ1) is 10.9. The van der Waals surface area contributed by atoms with Crippen LogP contribution in [0.2, 0.25) is 0 Å². The van der Waals surface area contributed by atoms with Crippen LogP contribution in [0.1, 0.15) is 17.3 Å². The number of carbonyl (C=O) groups is 1. The number of pyridine rings is 1. The smallest absolute Gasteiger partial charge is 0.332 e. The van der Waals surface area contributed by atoms with E-state index in [1.807, 2.05) is 6.92 Å². The number of carbonyl (C=O) groups excluding carboxylic acids is 1. The molecule has 122 valence electrons. The van der Waals surface area contributed by atoms with Gasteiger partial charge in [0.05, 0.1) is 30.2 Å². The van der Waals surface area contributed by atoms with E-state index in [1.54, 1.807) is 11.9 Å². The van der Waals surface area contributed by atoms with E-state index in [4.69, 9.17) is 4.74 Å². The van der Waals surface area contributed by atoms with Crippen LogP contribution in [0.3, 0.4) is 0 Å². The van der Waals surface area contributed by atoms with Crippen molar-refractivity contribution in [3.63, 3.8) is 0 Å². The molecule has 8 nitrogen and oxygen atoms in total. The number of fused-ring (bicyclic) bond motifs is 1. The van der Waals surface area contributed by atoms with Crippen molar-refractivity contribution in [3.8, 4) is 0 Å². The van der Waals surface area contributed by atoms with Crippen LogP contribution in [0.15, 0.2) is 21.9 Å². The van der Waals surface area contributed by atoms with Gasteiger partial charge in [0.1, 0.15) is 5.65 Å². The van der Waals surface area contributed by atoms with E-state index in [0.717, 1.165) is 4.57 Å². The zero-order valence-corrected chi connectivity index (χ0v) is 13.3. The maximum Gasteiger partial charge on any atom is 0.332 e. The molecule has 0 radical (unpaired) electrons. The minimum absolute atomic E-state index is 0.0325. The molecule has 1 atom stereocenters. The van der Waals surface area contributed by atoms with Gasteiger partial charge in [0.2, 0.25) is 0 Å². The van der Waals surface area contributed by atoms with E-state index in [2.05, 4.69) is 4.98 Å². The number of rotatable bonds is 1. The molecule has 0 aromatic carbocycles. The molecule has 0 aliphatic carbocycles. The lowest BCUT2D eigenvalue weighted by molar-refractivity contribution is 0.00358. The zero-order chi connectivity index (χ0) is 16.7. The van der Waals surface area contributed by atoms with E-state index in [-0.39, 0.29) is 23.0 Å². The summed E-state index contributed by atoms with van der Waals surface area (Å²) in [4.78, 5) is 42.7. The largest absolute Gasteiger partial charge is 0.377 e. The van der Waals surface area contributed by atoms with Crippen LogP contribution in [0, 0.1) is 0 Å². The first kappa shape index (κ1) is 15.4. The summed E-state index contributed by atoms with van der Waals surface area (Å²) < 4.78 is 7.63. The van der Waals surface area contributed by atoms with Gasteiger partial charge >= 0.3 is 5.69 Å². The van der Waals surface area contributed by atoms with Gasteiger partial charge in [0.15, 0.2) is 0 Å². The summed E-state index contributed by atoms with van der Waals surface area (Å²) in [5, 5.41) is 0.251.